The van der Waals surface area contributed by atoms with Gasteiger partial charge in [0.1, 0.15) is 0 Å². The Hall–Kier alpha value is -1.85. The van der Waals surface area contributed by atoms with E-state index >= 15 is 0 Å². The molecule has 0 bridgehead atoms. The van der Waals surface area contributed by atoms with Gasteiger partial charge in [0.05, 0.1) is 0 Å². The molecule has 108 valence electrons. The summed E-state index contributed by atoms with van der Waals surface area (Å²) in [5.41, 5.74) is 1.26. The molecule has 2 aliphatic rings. The van der Waals surface area contributed by atoms with Gasteiger partial charge in [0.25, 0.3) is 0 Å². The molecule has 1 N–H and O–H groups in total. The largest absolute Gasteiger partial charge is 0.434 e. The number of hydrogen-bond donors (Lipinski definition) is 1. The summed E-state index contributed by atoms with van der Waals surface area (Å²) in [4.78, 5) is 25.0. The Kier molecular flexibility index (Phi) is 3.46. The number of nitrogens with one attached hydrogen (secondary N) is 1. The van der Waals surface area contributed by atoms with Crippen LogP contribution in [0.5, 0.6) is 0 Å². The van der Waals surface area contributed by atoms with Gasteiger partial charge in [-0.3, -0.25) is 4.79 Å². The lowest BCUT2D eigenvalue weighted by atomic mass is 9.78. The van der Waals surface area contributed by atoms with E-state index in [0.717, 1.165) is 25.7 Å². The number of carbonyl (C=O) groups excluding carboxylic acids is 1. The Bertz CT molecular complexity index is 558. The predicted octanol–water partition coefficient (Wildman–Crippen LogP) is 1.43. The molecule has 0 unspecified atom stereocenters. The van der Waals surface area contributed by atoms with E-state index in [2.05, 4.69) is 16.8 Å². The number of allylic oxidation sites excluding steroid dienone is 1. The molecule has 3 rings (SSSR count). The summed E-state index contributed by atoms with van der Waals surface area (Å²) in [6, 6.07) is 0. The second-order valence-electron chi connectivity index (χ2n) is 5.83. The zero-order valence-corrected chi connectivity index (χ0v) is 11.4. The van der Waals surface area contributed by atoms with Gasteiger partial charge in [0.15, 0.2) is 0 Å². The molecule has 1 aromatic heterocycles. The van der Waals surface area contributed by atoms with E-state index in [1.807, 2.05) is 4.90 Å². The Labute approximate surface area is 116 Å². The molecule has 1 amide bonds. The maximum absolute atomic E-state index is 12.2. The zero-order valence-electron chi connectivity index (χ0n) is 11.4. The van der Waals surface area contributed by atoms with Crippen LogP contribution >= 0.6 is 0 Å². The van der Waals surface area contributed by atoms with Crippen LogP contribution in [0.1, 0.15) is 43.9 Å². The lowest BCUT2D eigenvalue weighted by Crippen LogP contribution is -2.39. The first kappa shape index (κ1) is 13.1. The number of likely N-dealkylation sites (tertiary alicyclic amines) is 1. The molecule has 2 fully saturated rings. The van der Waals surface area contributed by atoms with E-state index in [-0.39, 0.29) is 11.8 Å². The number of rotatable bonds is 3. The van der Waals surface area contributed by atoms with E-state index in [4.69, 9.17) is 4.42 Å². The number of nitrogens with zero attached hydrogens (tertiary/aromatic N) is 2. The van der Waals surface area contributed by atoms with Crippen molar-refractivity contribution in [3.8, 4) is 0 Å². The molecule has 1 aliphatic carbocycles. The molecule has 1 saturated heterocycles. The first-order valence-corrected chi connectivity index (χ1v) is 7.11. The van der Waals surface area contributed by atoms with E-state index in [0.29, 0.717) is 31.3 Å². The maximum Gasteiger partial charge on any atom is 0.434 e. The topological polar surface area (TPSA) is 79.2 Å². The molecule has 2 heterocycles. The number of aromatic nitrogens is 2. The minimum Gasteiger partial charge on any atom is -0.392 e. The summed E-state index contributed by atoms with van der Waals surface area (Å²) in [6.45, 7) is 5.34. The molecule has 1 saturated carbocycles. The van der Waals surface area contributed by atoms with Crippen LogP contribution in [-0.4, -0.2) is 34.1 Å². The number of piperidine rings is 1. The summed E-state index contributed by atoms with van der Waals surface area (Å²) < 4.78 is 4.99. The third kappa shape index (κ3) is 2.69. The number of carbonyl (C=O) groups is 1. The van der Waals surface area contributed by atoms with Crippen molar-refractivity contribution in [2.24, 2.45) is 5.92 Å². The highest BCUT2D eigenvalue weighted by molar-refractivity contribution is 5.76. The highest BCUT2D eigenvalue weighted by Gasteiger charge is 2.30. The van der Waals surface area contributed by atoms with Gasteiger partial charge < -0.3 is 9.32 Å². The summed E-state index contributed by atoms with van der Waals surface area (Å²) in [7, 11) is 0. The van der Waals surface area contributed by atoms with Crippen LogP contribution < -0.4 is 5.76 Å². The Balaban J connectivity index is 1.49. The standard InChI is InChI=1S/C14H19N3O3/c1-9-6-10(7-9)8-12(18)17-4-2-11(3-5-17)13-15-16-14(19)20-13/h10-11H,1-8H2,(H,16,19). The molecule has 6 heteroatoms. The van der Waals surface area contributed by atoms with Crippen LogP contribution in [0.2, 0.25) is 0 Å². The Morgan fingerprint density at radius 1 is 1.40 bits per heavy atom. The van der Waals surface area contributed by atoms with Crippen LogP contribution in [0.15, 0.2) is 21.4 Å². The predicted molar refractivity (Wildman–Crippen MR) is 72.2 cm³/mol. The SMILES string of the molecule is C=C1CC(CC(=O)N2CCC(c3n[nH]c(=O)o3)CC2)C1. The van der Waals surface area contributed by atoms with Crippen molar-refractivity contribution in [2.75, 3.05) is 13.1 Å². The van der Waals surface area contributed by atoms with Crippen molar-refractivity contribution in [3.05, 3.63) is 28.6 Å². The monoisotopic (exact) mass is 277 g/mol. The number of hydrogen-bond acceptors (Lipinski definition) is 4. The van der Waals surface area contributed by atoms with Gasteiger partial charge in [-0.1, -0.05) is 12.2 Å². The lowest BCUT2D eigenvalue weighted by molar-refractivity contribution is -0.133. The number of amides is 1. The number of H-pyrrole nitrogens is 1. The smallest absolute Gasteiger partial charge is 0.392 e. The second-order valence-corrected chi connectivity index (χ2v) is 5.83. The van der Waals surface area contributed by atoms with E-state index in [1.165, 1.54) is 5.57 Å². The third-order valence-corrected chi connectivity index (χ3v) is 4.27. The van der Waals surface area contributed by atoms with E-state index in [1.54, 1.807) is 0 Å². The number of aromatic amines is 1. The summed E-state index contributed by atoms with van der Waals surface area (Å²) in [5.74, 6) is 0.837. The first-order valence-electron chi connectivity index (χ1n) is 7.11. The second kappa shape index (κ2) is 5.26. The van der Waals surface area contributed by atoms with E-state index in [9.17, 15) is 9.59 Å². The van der Waals surface area contributed by atoms with Gasteiger partial charge in [-0.2, -0.15) is 0 Å². The van der Waals surface area contributed by atoms with Gasteiger partial charge in [-0.15, -0.1) is 5.10 Å². The molecule has 20 heavy (non-hydrogen) atoms. The van der Waals surface area contributed by atoms with Crippen molar-refractivity contribution in [1.82, 2.24) is 15.1 Å². The summed E-state index contributed by atoms with van der Waals surface area (Å²) >= 11 is 0. The molecule has 6 nitrogen and oxygen atoms in total. The van der Waals surface area contributed by atoms with Crippen molar-refractivity contribution >= 4 is 5.91 Å². The maximum atomic E-state index is 12.2. The Morgan fingerprint density at radius 2 is 2.10 bits per heavy atom. The first-order chi connectivity index (χ1) is 9.61. The van der Waals surface area contributed by atoms with Crippen LogP contribution in [-0.2, 0) is 4.79 Å². The van der Waals surface area contributed by atoms with Crippen molar-refractivity contribution in [1.29, 1.82) is 0 Å². The van der Waals surface area contributed by atoms with Crippen LogP contribution in [0.4, 0.5) is 0 Å². The molecular formula is C14H19N3O3. The Morgan fingerprint density at radius 3 is 2.65 bits per heavy atom. The molecule has 0 spiro atoms. The lowest BCUT2D eigenvalue weighted by Gasteiger charge is -2.34. The quantitative estimate of drug-likeness (QED) is 0.847. The fourth-order valence-corrected chi connectivity index (χ4v) is 3.07. The van der Waals surface area contributed by atoms with Crippen molar-refractivity contribution in [3.63, 3.8) is 0 Å². The average molecular weight is 277 g/mol. The average Bonchev–Trinajstić information content (AvgIpc) is 2.84. The highest BCUT2D eigenvalue weighted by Crippen LogP contribution is 2.35. The van der Waals surface area contributed by atoms with Crippen molar-refractivity contribution < 1.29 is 9.21 Å². The molecule has 0 radical (unpaired) electrons. The molecule has 0 atom stereocenters. The fraction of sp³-hybridized carbons (Fsp3) is 0.643. The van der Waals surface area contributed by atoms with Gasteiger partial charge in [-0.25, -0.2) is 9.89 Å². The summed E-state index contributed by atoms with van der Waals surface area (Å²) in [6.07, 6.45) is 4.25. The molecule has 1 aliphatic heterocycles. The normalized spacial score (nSPS) is 21.0. The van der Waals surface area contributed by atoms with Crippen molar-refractivity contribution in [2.45, 2.75) is 38.0 Å². The molecule has 0 aromatic carbocycles. The van der Waals surface area contributed by atoms with E-state index < -0.39 is 5.76 Å². The van der Waals surface area contributed by atoms with Crippen LogP contribution in [0, 0.1) is 5.92 Å². The molecule has 1 aromatic rings. The minimum absolute atomic E-state index is 0.140. The summed E-state index contributed by atoms with van der Waals surface area (Å²) in [5, 5.41) is 6.16. The van der Waals surface area contributed by atoms with Gasteiger partial charge in [-0.05, 0) is 31.6 Å². The fourth-order valence-electron chi connectivity index (χ4n) is 3.07. The zero-order chi connectivity index (χ0) is 14.1. The van der Waals surface area contributed by atoms with Gasteiger partial charge in [0.2, 0.25) is 11.8 Å². The molecular weight excluding hydrogens is 258 g/mol. The highest BCUT2D eigenvalue weighted by atomic mass is 16.4. The van der Waals surface area contributed by atoms with Gasteiger partial charge in [0, 0.05) is 25.4 Å². The third-order valence-electron chi connectivity index (χ3n) is 4.27. The van der Waals surface area contributed by atoms with Crippen LogP contribution in [0.3, 0.4) is 0 Å². The minimum atomic E-state index is -0.510. The van der Waals surface area contributed by atoms with Gasteiger partial charge >= 0.3 is 5.76 Å². The van der Waals surface area contributed by atoms with Crippen LogP contribution in [0.25, 0.3) is 0 Å².